The molecule has 2 atom stereocenters. The maximum atomic E-state index is 5.88. The molecule has 0 aliphatic heterocycles. The maximum Gasteiger partial charge on any atom is 0.0731 e. The Morgan fingerprint density at radius 2 is 1.94 bits per heavy atom. The maximum absolute atomic E-state index is 5.88. The minimum Gasteiger partial charge on any atom is -0.377 e. The van der Waals surface area contributed by atoms with E-state index >= 15 is 0 Å². The average molecular weight is 269 g/mol. The molecule has 1 heterocycles. The lowest BCUT2D eigenvalue weighted by molar-refractivity contribution is 0.0303. The zero-order chi connectivity index (χ0) is 13.4. The molecule has 3 heteroatoms. The largest absolute Gasteiger partial charge is 0.377 e. The lowest BCUT2D eigenvalue weighted by atomic mass is 10.0. The van der Waals surface area contributed by atoms with Crippen LogP contribution in [0.5, 0.6) is 0 Å². The monoisotopic (exact) mass is 269 g/mol. The number of likely N-dealkylation sites (N-methyl/N-ethyl adjacent to an activating group) is 1. The number of ether oxygens (including phenoxy) is 1. The zero-order valence-electron chi connectivity index (χ0n) is 12.2. The fourth-order valence-corrected chi connectivity index (χ4v) is 3.27. The molecule has 2 unspecified atom stereocenters. The number of rotatable bonds is 9. The van der Waals surface area contributed by atoms with Gasteiger partial charge in [-0.3, -0.25) is 0 Å². The van der Waals surface area contributed by atoms with E-state index in [0.29, 0.717) is 12.1 Å². The number of thiophene rings is 1. The molecular weight excluding hydrogens is 242 g/mol. The molecule has 18 heavy (non-hydrogen) atoms. The van der Waals surface area contributed by atoms with Crippen LogP contribution < -0.4 is 5.32 Å². The Morgan fingerprint density at radius 3 is 2.44 bits per heavy atom. The van der Waals surface area contributed by atoms with Crippen molar-refractivity contribution >= 4 is 11.3 Å². The Bertz CT molecular complexity index is 318. The fourth-order valence-electron chi connectivity index (χ4n) is 2.26. The van der Waals surface area contributed by atoms with Crippen molar-refractivity contribution in [3.63, 3.8) is 0 Å². The Hall–Kier alpha value is -0.380. The van der Waals surface area contributed by atoms with Gasteiger partial charge in [-0.2, -0.15) is 0 Å². The molecule has 1 aromatic rings. The van der Waals surface area contributed by atoms with Crippen molar-refractivity contribution < 1.29 is 4.74 Å². The van der Waals surface area contributed by atoms with Gasteiger partial charge in [-0.05, 0) is 45.4 Å². The molecule has 104 valence electrons. The first kappa shape index (κ1) is 15.7. The van der Waals surface area contributed by atoms with Crippen molar-refractivity contribution in [1.29, 1.82) is 0 Å². The molecular formula is C15H27NOS. The van der Waals surface area contributed by atoms with Crippen LogP contribution in [-0.2, 0) is 17.6 Å². The summed E-state index contributed by atoms with van der Waals surface area (Å²) in [6, 6.07) is 4.94. The quantitative estimate of drug-likeness (QED) is 0.739. The van der Waals surface area contributed by atoms with Crippen LogP contribution in [0.2, 0.25) is 0 Å². The Morgan fingerprint density at radius 1 is 1.22 bits per heavy atom. The summed E-state index contributed by atoms with van der Waals surface area (Å²) < 4.78 is 5.88. The first-order chi connectivity index (χ1) is 8.74. The van der Waals surface area contributed by atoms with E-state index in [9.17, 15) is 0 Å². The zero-order valence-corrected chi connectivity index (χ0v) is 13.0. The van der Waals surface area contributed by atoms with Gasteiger partial charge in [0.2, 0.25) is 0 Å². The molecule has 0 aliphatic carbocycles. The van der Waals surface area contributed by atoms with Crippen LogP contribution in [-0.4, -0.2) is 25.8 Å². The van der Waals surface area contributed by atoms with E-state index in [-0.39, 0.29) is 0 Å². The van der Waals surface area contributed by atoms with Crippen LogP contribution in [0, 0.1) is 0 Å². The highest BCUT2D eigenvalue weighted by atomic mass is 32.1. The minimum atomic E-state index is 0.331. The van der Waals surface area contributed by atoms with Gasteiger partial charge in [0, 0.05) is 22.4 Å². The van der Waals surface area contributed by atoms with E-state index in [1.54, 1.807) is 0 Å². The summed E-state index contributed by atoms with van der Waals surface area (Å²) in [5.74, 6) is 0. The first-order valence-corrected chi connectivity index (χ1v) is 7.93. The van der Waals surface area contributed by atoms with Crippen LogP contribution in [0.3, 0.4) is 0 Å². The SMILES string of the molecule is CCCC(OCC)C(Cc1ccc(CC)s1)NC. The highest BCUT2D eigenvalue weighted by Gasteiger charge is 2.20. The molecule has 0 saturated carbocycles. The molecule has 0 aliphatic rings. The van der Waals surface area contributed by atoms with Crippen molar-refractivity contribution in [3.8, 4) is 0 Å². The highest BCUT2D eigenvalue weighted by molar-refractivity contribution is 7.11. The number of hydrogen-bond donors (Lipinski definition) is 1. The number of hydrogen-bond acceptors (Lipinski definition) is 3. The normalized spacial score (nSPS) is 14.7. The molecule has 1 aromatic heterocycles. The Labute approximate surface area is 116 Å². The smallest absolute Gasteiger partial charge is 0.0731 e. The summed E-state index contributed by atoms with van der Waals surface area (Å²) in [5.41, 5.74) is 0. The summed E-state index contributed by atoms with van der Waals surface area (Å²) >= 11 is 1.93. The molecule has 1 N–H and O–H groups in total. The van der Waals surface area contributed by atoms with E-state index < -0.39 is 0 Å². The van der Waals surface area contributed by atoms with Crippen LogP contribution in [0.4, 0.5) is 0 Å². The molecule has 0 amide bonds. The predicted molar refractivity (Wildman–Crippen MR) is 80.6 cm³/mol. The van der Waals surface area contributed by atoms with Crippen molar-refractivity contribution in [2.24, 2.45) is 0 Å². The molecule has 0 bridgehead atoms. The number of aryl methyl sites for hydroxylation is 1. The second-order valence-corrected chi connectivity index (χ2v) is 5.86. The summed E-state index contributed by atoms with van der Waals surface area (Å²) in [4.78, 5) is 2.94. The van der Waals surface area contributed by atoms with E-state index in [4.69, 9.17) is 4.74 Å². The molecule has 0 aromatic carbocycles. The van der Waals surface area contributed by atoms with Crippen LogP contribution in [0.15, 0.2) is 12.1 Å². The van der Waals surface area contributed by atoms with E-state index in [0.717, 1.165) is 25.9 Å². The third-order valence-electron chi connectivity index (χ3n) is 3.26. The molecule has 2 nitrogen and oxygen atoms in total. The van der Waals surface area contributed by atoms with Gasteiger partial charge in [0.25, 0.3) is 0 Å². The third kappa shape index (κ3) is 4.71. The van der Waals surface area contributed by atoms with Gasteiger partial charge in [0.15, 0.2) is 0 Å². The molecule has 0 radical (unpaired) electrons. The second-order valence-electron chi connectivity index (χ2n) is 4.60. The molecule has 0 spiro atoms. The molecule has 0 fully saturated rings. The van der Waals surface area contributed by atoms with Crippen molar-refractivity contribution in [3.05, 3.63) is 21.9 Å². The van der Waals surface area contributed by atoms with Gasteiger partial charge >= 0.3 is 0 Å². The standard InChI is InChI=1S/C15H27NOS/c1-5-8-15(17-7-3)14(16-4)11-13-10-9-12(6-2)18-13/h9-10,14-16H,5-8,11H2,1-4H3. The lowest BCUT2D eigenvalue weighted by Crippen LogP contribution is -2.41. The molecule has 1 rings (SSSR count). The van der Waals surface area contributed by atoms with E-state index in [1.165, 1.54) is 16.2 Å². The third-order valence-corrected chi connectivity index (χ3v) is 4.51. The Kier molecular flexibility index (Phi) is 7.56. The lowest BCUT2D eigenvalue weighted by Gasteiger charge is -2.26. The number of nitrogens with one attached hydrogen (secondary N) is 1. The first-order valence-electron chi connectivity index (χ1n) is 7.11. The van der Waals surface area contributed by atoms with Gasteiger partial charge in [-0.1, -0.05) is 20.3 Å². The van der Waals surface area contributed by atoms with Gasteiger partial charge in [-0.25, -0.2) is 0 Å². The van der Waals surface area contributed by atoms with Gasteiger partial charge in [-0.15, -0.1) is 11.3 Å². The topological polar surface area (TPSA) is 21.3 Å². The summed E-state index contributed by atoms with van der Waals surface area (Å²) in [6.07, 6.45) is 4.85. The Balaban J connectivity index is 2.62. The van der Waals surface area contributed by atoms with Gasteiger partial charge < -0.3 is 10.1 Å². The summed E-state index contributed by atoms with van der Waals surface area (Å²) in [7, 11) is 2.04. The van der Waals surface area contributed by atoms with Crippen LogP contribution in [0.25, 0.3) is 0 Å². The summed E-state index contributed by atoms with van der Waals surface area (Å²) in [5, 5.41) is 3.43. The minimum absolute atomic E-state index is 0.331. The average Bonchev–Trinajstić information content (AvgIpc) is 2.83. The van der Waals surface area contributed by atoms with Crippen LogP contribution >= 0.6 is 11.3 Å². The van der Waals surface area contributed by atoms with Gasteiger partial charge in [0.05, 0.1) is 6.10 Å². The fraction of sp³-hybridized carbons (Fsp3) is 0.733. The predicted octanol–water partition coefficient (Wildman–Crippen LogP) is 3.65. The van der Waals surface area contributed by atoms with Crippen LogP contribution in [0.1, 0.15) is 43.4 Å². The van der Waals surface area contributed by atoms with E-state index in [2.05, 4.69) is 38.2 Å². The van der Waals surface area contributed by atoms with Crippen molar-refractivity contribution in [1.82, 2.24) is 5.32 Å². The second kappa shape index (κ2) is 8.68. The van der Waals surface area contributed by atoms with Crippen molar-refractivity contribution in [2.75, 3.05) is 13.7 Å². The summed E-state index contributed by atoms with van der Waals surface area (Å²) in [6.45, 7) is 7.31. The highest BCUT2D eigenvalue weighted by Crippen LogP contribution is 2.21. The molecule has 0 saturated heterocycles. The van der Waals surface area contributed by atoms with E-state index in [1.807, 2.05) is 18.4 Å². The van der Waals surface area contributed by atoms with Gasteiger partial charge in [0.1, 0.15) is 0 Å². The van der Waals surface area contributed by atoms with Crippen molar-refractivity contribution in [2.45, 2.75) is 58.6 Å².